The van der Waals surface area contributed by atoms with E-state index in [0.717, 1.165) is 29.9 Å². The fraction of sp³-hybridized carbons (Fsp3) is 0.471. The molecule has 0 unspecified atom stereocenters. The number of methoxy groups -OCH3 is 1. The Labute approximate surface area is 142 Å². The molecule has 130 valence electrons. The van der Waals surface area contributed by atoms with Crippen LogP contribution in [0.1, 0.15) is 42.8 Å². The van der Waals surface area contributed by atoms with E-state index in [4.69, 9.17) is 9.26 Å². The molecular formula is C17H22N2O4S. The number of sulfonamides is 1. The highest BCUT2D eigenvalue weighted by molar-refractivity contribution is 7.89. The Hall–Kier alpha value is -1.86. The number of hydrogen-bond donors (Lipinski definition) is 0. The van der Waals surface area contributed by atoms with E-state index in [1.807, 2.05) is 13.8 Å². The van der Waals surface area contributed by atoms with Gasteiger partial charge in [0.05, 0.1) is 23.7 Å². The second kappa shape index (κ2) is 6.57. The maximum Gasteiger partial charge on any atom is 0.243 e. The molecule has 7 heteroatoms. The van der Waals surface area contributed by atoms with Crippen molar-refractivity contribution in [2.24, 2.45) is 0 Å². The highest BCUT2D eigenvalue weighted by Gasteiger charge is 2.39. The Morgan fingerprint density at radius 3 is 2.67 bits per heavy atom. The van der Waals surface area contributed by atoms with Crippen LogP contribution in [0.15, 0.2) is 33.7 Å². The zero-order chi connectivity index (χ0) is 17.3. The van der Waals surface area contributed by atoms with Gasteiger partial charge in [-0.15, -0.1) is 0 Å². The van der Waals surface area contributed by atoms with Gasteiger partial charge in [-0.1, -0.05) is 12.1 Å². The molecule has 0 spiro atoms. The number of benzene rings is 1. The largest absolute Gasteiger partial charge is 0.497 e. The van der Waals surface area contributed by atoms with Gasteiger partial charge in [-0.05, 0) is 44.0 Å². The molecule has 1 fully saturated rings. The summed E-state index contributed by atoms with van der Waals surface area (Å²) in [4.78, 5) is 0.280. The second-order valence-electron chi connectivity index (χ2n) is 5.91. The van der Waals surface area contributed by atoms with Crippen molar-refractivity contribution in [3.05, 3.63) is 41.3 Å². The Morgan fingerprint density at radius 2 is 2.04 bits per heavy atom. The van der Waals surface area contributed by atoms with Crippen LogP contribution in [0.2, 0.25) is 0 Å². The first-order chi connectivity index (χ1) is 11.5. The molecule has 24 heavy (non-hydrogen) atoms. The van der Waals surface area contributed by atoms with Crippen molar-refractivity contribution in [1.29, 1.82) is 0 Å². The molecule has 1 atom stereocenters. The van der Waals surface area contributed by atoms with Gasteiger partial charge in [-0.25, -0.2) is 8.42 Å². The molecule has 1 aliphatic heterocycles. The molecule has 2 heterocycles. The summed E-state index contributed by atoms with van der Waals surface area (Å²) in [6, 6.07) is 6.30. The number of rotatable bonds is 5. The van der Waals surface area contributed by atoms with E-state index in [1.165, 1.54) is 0 Å². The third kappa shape index (κ3) is 2.82. The average Bonchev–Trinajstić information content (AvgIpc) is 3.21. The van der Waals surface area contributed by atoms with Gasteiger partial charge < -0.3 is 9.26 Å². The summed E-state index contributed by atoms with van der Waals surface area (Å²) < 4.78 is 38.2. The van der Waals surface area contributed by atoms with Crippen molar-refractivity contribution in [3.63, 3.8) is 0 Å². The lowest BCUT2D eigenvalue weighted by Crippen LogP contribution is -2.31. The fourth-order valence-corrected chi connectivity index (χ4v) is 4.97. The summed E-state index contributed by atoms with van der Waals surface area (Å²) in [6.45, 7) is 4.36. The normalized spacial score (nSPS) is 18.9. The summed E-state index contributed by atoms with van der Waals surface area (Å²) in [7, 11) is -2.02. The minimum absolute atomic E-state index is 0.210. The highest BCUT2D eigenvalue weighted by Crippen LogP contribution is 2.39. The number of aryl methyl sites for hydroxylation is 2. The summed E-state index contributed by atoms with van der Waals surface area (Å²) in [5.41, 5.74) is 1.70. The van der Waals surface area contributed by atoms with E-state index < -0.39 is 10.0 Å². The molecule has 0 amide bonds. The molecular weight excluding hydrogens is 328 g/mol. The van der Waals surface area contributed by atoms with E-state index >= 15 is 0 Å². The van der Waals surface area contributed by atoms with Crippen LogP contribution in [0.25, 0.3) is 0 Å². The second-order valence-corrected chi connectivity index (χ2v) is 7.80. The van der Waals surface area contributed by atoms with Crippen LogP contribution in [0, 0.1) is 6.92 Å². The monoisotopic (exact) mass is 350 g/mol. The first kappa shape index (κ1) is 17.0. The lowest BCUT2D eigenvalue weighted by atomic mass is 10.0. The molecule has 1 aliphatic rings. The van der Waals surface area contributed by atoms with Crippen LogP contribution < -0.4 is 4.74 Å². The molecule has 1 aromatic carbocycles. The lowest BCUT2D eigenvalue weighted by molar-refractivity contribution is 0.368. The van der Waals surface area contributed by atoms with Crippen molar-refractivity contribution in [2.45, 2.75) is 44.0 Å². The molecule has 0 saturated carbocycles. The Kier molecular flexibility index (Phi) is 4.64. The van der Waals surface area contributed by atoms with Crippen LogP contribution >= 0.6 is 0 Å². The number of nitrogens with zero attached hydrogens (tertiary/aromatic N) is 2. The maximum absolute atomic E-state index is 13.1. The number of aromatic nitrogens is 1. The van der Waals surface area contributed by atoms with Crippen LogP contribution in [0.3, 0.4) is 0 Å². The van der Waals surface area contributed by atoms with Gasteiger partial charge in [0.2, 0.25) is 10.0 Å². The third-order valence-corrected chi connectivity index (χ3v) is 6.43. The standard InChI is InChI=1S/C17H22N2O4S/c1-4-16-17(12(2)18-23-16)15-6-5-11-19(15)24(20,21)14-9-7-13(22-3)8-10-14/h7-10,15H,4-6,11H2,1-3H3/t15-/m0/s1. The minimum Gasteiger partial charge on any atom is -0.497 e. The molecule has 0 bridgehead atoms. The van der Waals surface area contributed by atoms with Crippen molar-refractivity contribution >= 4 is 10.0 Å². The number of ether oxygens (including phenoxy) is 1. The van der Waals surface area contributed by atoms with Crippen molar-refractivity contribution in [2.75, 3.05) is 13.7 Å². The van der Waals surface area contributed by atoms with Gasteiger partial charge >= 0.3 is 0 Å². The van der Waals surface area contributed by atoms with Crippen LogP contribution in [0.4, 0.5) is 0 Å². The zero-order valence-electron chi connectivity index (χ0n) is 14.2. The molecule has 2 aromatic rings. The zero-order valence-corrected chi connectivity index (χ0v) is 15.0. The van der Waals surface area contributed by atoms with Crippen LogP contribution in [-0.2, 0) is 16.4 Å². The number of hydrogen-bond acceptors (Lipinski definition) is 5. The van der Waals surface area contributed by atoms with Gasteiger partial charge in [0, 0.05) is 18.5 Å². The molecule has 1 saturated heterocycles. The molecule has 0 aliphatic carbocycles. The van der Waals surface area contributed by atoms with Gasteiger partial charge in [-0.3, -0.25) is 0 Å². The first-order valence-corrected chi connectivity index (χ1v) is 9.54. The predicted octanol–water partition coefficient (Wildman–Crippen LogP) is 3.08. The van der Waals surface area contributed by atoms with Crippen LogP contribution in [0.5, 0.6) is 5.75 Å². The van der Waals surface area contributed by atoms with E-state index in [-0.39, 0.29) is 10.9 Å². The summed E-state index contributed by atoms with van der Waals surface area (Å²) in [5, 5.41) is 4.03. The minimum atomic E-state index is -3.57. The summed E-state index contributed by atoms with van der Waals surface area (Å²) in [6.07, 6.45) is 2.31. The van der Waals surface area contributed by atoms with Gasteiger partial charge in [0.1, 0.15) is 11.5 Å². The Bertz CT molecular complexity index is 812. The van der Waals surface area contributed by atoms with E-state index in [9.17, 15) is 8.42 Å². The maximum atomic E-state index is 13.1. The third-order valence-electron chi connectivity index (χ3n) is 4.51. The van der Waals surface area contributed by atoms with Crippen molar-refractivity contribution in [3.8, 4) is 5.75 Å². The van der Waals surface area contributed by atoms with Crippen LogP contribution in [-0.4, -0.2) is 31.5 Å². The summed E-state index contributed by atoms with van der Waals surface area (Å²) >= 11 is 0. The smallest absolute Gasteiger partial charge is 0.243 e. The Morgan fingerprint density at radius 1 is 1.33 bits per heavy atom. The topological polar surface area (TPSA) is 72.6 Å². The Balaban J connectivity index is 1.98. The van der Waals surface area contributed by atoms with Gasteiger partial charge in [0.15, 0.2) is 0 Å². The molecule has 6 nitrogen and oxygen atoms in total. The SMILES string of the molecule is CCc1onc(C)c1[C@@H]1CCCN1S(=O)(=O)c1ccc(OC)cc1. The van der Waals surface area contributed by atoms with Gasteiger partial charge in [-0.2, -0.15) is 4.31 Å². The molecule has 0 radical (unpaired) electrons. The van der Waals surface area contributed by atoms with Crippen molar-refractivity contribution in [1.82, 2.24) is 9.46 Å². The highest BCUT2D eigenvalue weighted by atomic mass is 32.2. The molecule has 1 aromatic heterocycles. The summed E-state index contributed by atoms with van der Waals surface area (Å²) in [5.74, 6) is 1.41. The van der Waals surface area contributed by atoms with E-state index in [2.05, 4.69) is 5.16 Å². The quantitative estimate of drug-likeness (QED) is 0.828. The molecule has 3 rings (SSSR count). The molecule has 0 N–H and O–H groups in total. The fourth-order valence-electron chi connectivity index (χ4n) is 3.31. The van der Waals surface area contributed by atoms with E-state index in [0.29, 0.717) is 18.7 Å². The van der Waals surface area contributed by atoms with Gasteiger partial charge in [0.25, 0.3) is 0 Å². The average molecular weight is 350 g/mol. The predicted molar refractivity (Wildman–Crippen MR) is 89.5 cm³/mol. The lowest BCUT2D eigenvalue weighted by Gasteiger charge is -2.24. The van der Waals surface area contributed by atoms with E-state index in [1.54, 1.807) is 35.7 Å². The van der Waals surface area contributed by atoms with Crippen molar-refractivity contribution < 1.29 is 17.7 Å². The first-order valence-electron chi connectivity index (χ1n) is 8.10.